The van der Waals surface area contributed by atoms with E-state index in [9.17, 15) is 0 Å². The number of nitrogens with zero attached hydrogens (tertiary/aromatic N) is 3. The third-order valence-electron chi connectivity index (χ3n) is 2.80. The van der Waals surface area contributed by atoms with Crippen LogP contribution >= 0.6 is 11.8 Å². The summed E-state index contributed by atoms with van der Waals surface area (Å²) in [7, 11) is 1.89. The highest BCUT2D eigenvalue weighted by molar-refractivity contribution is 7.98. The fraction of sp³-hybridized carbons (Fsp3) is 0.154. The van der Waals surface area contributed by atoms with E-state index >= 15 is 0 Å². The molecule has 0 saturated heterocycles. The highest BCUT2D eigenvalue weighted by Crippen LogP contribution is 2.26. The first kappa shape index (κ1) is 12.0. The Morgan fingerprint density at radius 2 is 2.21 bits per heavy atom. The zero-order valence-corrected chi connectivity index (χ0v) is 11.2. The summed E-state index contributed by atoms with van der Waals surface area (Å²) in [5, 5.41) is 11.8. The van der Waals surface area contributed by atoms with Gasteiger partial charge in [0.15, 0.2) is 5.16 Å². The van der Waals surface area contributed by atoms with Crippen molar-refractivity contribution >= 4 is 28.5 Å². The number of para-hydroxylation sites is 1. The number of hydrogen-bond donors (Lipinski definition) is 2. The molecule has 0 unspecified atom stereocenters. The summed E-state index contributed by atoms with van der Waals surface area (Å²) in [6.07, 6.45) is 1.51. The van der Waals surface area contributed by atoms with E-state index in [1.165, 1.54) is 6.33 Å². The molecule has 1 aromatic carbocycles. The minimum Gasteiger partial charge on any atom is -0.373 e. The average molecular weight is 271 g/mol. The van der Waals surface area contributed by atoms with Crippen molar-refractivity contribution in [3.63, 3.8) is 0 Å². The van der Waals surface area contributed by atoms with Crippen LogP contribution in [0.5, 0.6) is 0 Å². The number of H-pyrrole nitrogens is 1. The number of aromatic amines is 1. The van der Waals surface area contributed by atoms with Gasteiger partial charge < -0.3 is 5.32 Å². The molecule has 2 aromatic heterocycles. The first-order valence-electron chi connectivity index (χ1n) is 5.91. The van der Waals surface area contributed by atoms with Gasteiger partial charge >= 0.3 is 0 Å². The van der Waals surface area contributed by atoms with Gasteiger partial charge in [-0.1, -0.05) is 30.0 Å². The Bertz CT molecular complexity index is 681. The topological polar surface area (TPSA) is 66.5 Å². The quantitative estimate of drug-likeness (QED) is 0.714. The van der Waals surface area contributed by atoms with Gasteiger partial charge in [0.05, 0.1) is 5.52 Å². The summed E-state index contributed by atoms with van der Waals surface area (Å²) in [5.74, 6) is 1.70. The summed E-state index contributed by atoms with van der Waals surface area (Å²) in [6.45, 7) is 0. The lowest BCUT2D eigenvalue weighted by molar-refractivity contribution is 0.972. The molecule has 19 heavy (non-hydrogen) atoms. The molecule has 0 bridgehead atoms. The van der Waals surface area contributed by atoms with Crippen LogP contribution in [0, 0.1) is 0 Å². The van der Waals surface area contributed by atoms with Crippen LogP contribution in [-0.2, 0) is 5.75 Å². The Morgan fingerprint density at radius 3 is 3.00 bits per heavy atom. The van der Waals surface area contributed by atoms with Crippen LogP contribution in [0.4, 0.5) is 5.82 Å². The van der Waals surface area contributed by atoms with E-state index in [1.54, 1.807) is 11.8 Å². The van der Waals surface area contributed by atoms with Crippen LogP contribution < -0.4 is 5.32 Å². The third-order valence-corrected chi connectivity index (χ3v) is 3.72. The van der Waals surface area contributed by atoms with Crippen LogP contribution in [0.1, 0.15) is 5.56 Å². The maximum Gasteiger partial charge on any atom is 0.183 e. The number of fused-ring (bicyclic) bond motifs is 1. The lowest BCUT2D eigenvalue weighted by Gasteiger charge is -2.09. The van der Waals surface area contributed by atoms with Gasteiger partial charge in [-0.15, -0.1) is 0 Å². The van der Waals surface area contributed by atoms with E-state index in [1.807, 2.05) is 25.2 Å². The SMILES string of the molecule is CNc1nc2ccccc2cc1CSc1ncn[nH]1. The number of nitrogens with one attached hydrogen (secondary N) is 2. The average Bonchev–Trinajstić information content (AvgIpc) is 2.97. The van der Waals surface area contributed by atoms with Gasteiger partial charge in [0.2, 0.25) is 0 Å². The summed E-state index contributed by atoms with van der Waals surface area (Å²) < 4.78 is 0. The van der Waals surface area contributed by atoms with Crippen LogP contribution in [0.15, 0.2) is 41.8 Å². The molecule has 0 aliphatic heterocycles. The van der Waals surface area contributed by atoms with Gasteiger partial charge in [0, 0.05) is 23.8 Å². The highest BCUT2D eigenvalue weighted by Gasteiger charge is 2.07. The van der Waals surface area contributed by atoms with E-state index in [0.717, 1.165) is 33.2 Å². The molecule has 2 heterocycles. The van der Waals surface area contributed by atoms with Gasteiger partial charge in [-0.2, -0.15) is 5.10 Å². The molecule has 5 nitrogen and oxygen atoms in total. The van der Waals surface area contributed by atoms with Crippen molar-refractivity contribution < 1.29 is 0 Å². The number of thioether (sulfide) groups is 1. The Labute approximate surface area is 114 Å². The van der Waals surface area contributed by atoms with Crippen molar-refractivity contribution in [2.75, 3.05) is 12.4 Å². The van der Waals surface area contributed by atoms with Gasteiger partial charge in [-0.25, -0.2) is 9.97 Å². The largest absolute Gasteiger partial charge is 0.373 e. The summed E-state index contributed by atoms with van der Waals surface area (Å²) in [6, 6.07) is 10.3. The first-order valence-corrected chi connectivity index (χ1v) is 6.90. The Kier molecular flexibility index (Phi) is 3.33. The Morgan fingerprint density at radius 1 is 1.32 bits per heavy atom. The maximum absolute atomic E-state index is 4.62. The fourth-order valence-electron chi connectivity index (χ4n) is 1.90. The number of benzene rings is 1. The third kappa shape index (κ3) is 2.53. The second-order valence-electron chi connectivity index (χ2n) is 4.02. The van der Waals surface area contributed by atoms with Crippen molar-refractivity contribution in [1.29, 1.82) is 0 Å². The zero-order chi connectivity index (χ0) is 13.1. The van der Waals surface area contributed by atoms with Crippen molar-refractivity contribution in [2.24, 2.45) is 0 Å². The number of hydrogen-bond acceptors (Lipinski definition) is 5. The highest BCUT2D eigenvalue weighted by atomic mass is 32.2. The van der Waals surface area contributed by atoms with E-state index in [-0.39, 0.29) is 0 Å². The van der Waals surface area contributed by atoms with Crippen LogP contribution in [-0.4, -0.2) is 27.2 Å². The molecule has 0 atom stereocenters. The minimum absolute atomic E-state index is 0.795. The van der Waals surface area contributed by atoms with Crippen molar-refractivity contribution in [3.05, 3.63) is 42.2 Å². The molecule has 0 saturated carbocycles. The molecular formula is C13H13N5S. The zero-order valence-electron chi connectivity index (χ0n) is 10.4. The van der Waals surface area contributed by atoms with Gasteiger partial charge in [0.1, 0.15) is 12.1 Å². The number of aromatic nitrogens is 4. The molecule has 3 aromatic rings. The van der Waals surface area contributed by atoms with Crippen LogP contribution in [0.3, 0.4) is 0 Å². The first-order chi connectivity index (χ1) is 9.36. The van der Waals surface area contributed by atoms with Crippen LogP contribution in [0.2, 0.25) is 0 Å². The smallest absolute Gasteiger partial charge is 0.183 e. The molecule has 0 radical (unpaired) electrons. The normalized spacial score (nSPS) is 10.8. The van der Waals surface area contributed by atoms with E-state index < -0.39 is 0 Å². The molecule has 0 fully saturated rings. The molecule has 0 aliphatic rings. The second-order valence-corrected chi connectivity index (χ2v) is 4.98. The standard InChI is InChI=1S/C13H13N5S/c1-14-12-10(7-19-13-15-8-16-18-13)6-9-4-2-3-5-11(9)17-12/h2-6,8H,7H2,1H3,(H,14,17)(H,15,16,18). The predicted octanol–water partition coefficient (Wildman–Crippen LogP) is 2.69. The fourth-order valence-corrected chi connectivity index (χ4v) is 2.65. The molecule has 0 aliphatic carbocycles. The maximum atomic E-state index is 4.62. The monoisotopic (exact) mass is 271 g/mol. The van der Waals surface area contributed by atoms with Crippen molar-refractivity contribution in [3.8, 4) is 0 Å². The van der Waals surface area contributed by atoms with E-state index in [4.69, 9.17) is 0 Å². The van der Waals surface area contributed by atoms with Gasteiger partial charge in [-0.3, -0.25) is 5.10 Å². The van der Waals surface area contributed by atoms with E-state index in [0.29, 0.717) is 0 Å². The lowest BCUT2D eigenvalue weighted by Crippen LogP contribution is -1.98. The van der Waals surface area contributed by atoms with Gasteiger partial charge in [0.25, 0.3) is 0 Å². The molecule has 0 amide bonds. The summed E-state index contributed by atoms with van der Waals surface area (Å²) in [5.41, 5.74) is 2.16. The summed E-state index contributed by atoms with van der Waals surface area (Å²) in [4.78, 5) is 8.73. The van der Waals surface area contributed by atoms with Crippen LogP contribution in [0.25, 0.3) is 10.9 Å². The molecular weight excluding hydrogens is 258 g/mol. The molecule has 0 spiro atoms. The van der Waals surface area contributed by atoms with Gasteiger partial charge in [-0.05, 0) is 12.1 Å². The molecule has 6 heteroatoms. The summed E-state index contributed by atoms with van der Waals surface area (Å²) >= 11 is 1.61. The van der Waals surface area contributed by atoms with Crippen molar-refractivity contribution in [1.82, 2.24) is 20.2 Å². The molecule has 3 rings (SSSR count). The second kappa shape index (κ2) is 5.27. The number of pyridine rings is 1. The molecule has 96 valence electrons. The number of anilines is 1. The Balaban J connectivity index is 1.92. The van der Waals surface area contributed by atoms with Crippen molar-refractivity contribution in [2.45, 2.75) is 10.9 Å². The van der Waals surface area contributed by atoms with E-state index in [2.05, 4.69) is 37.6 Å². The number of rotatable bonds is 4. The Hall–Kier alpha value is -2.08. The minimum atomic E-state index is 0.795. The molecule has 2 N–H and O–H groups in total. The predicted molar refractivity (Wildman–Crippen MR) is 77.2 cm³/mol. The lowest BCUT2D eigenvalue weighted by atomic mass is 10.1.